The molecule has 103 heavy (non-hydrogen) atoms. The molecule has 0 aliphatic rings. The van der Waals surface area contributed by atoms with Crippen LogP contribution in [0.1, 0.15) is 440 Å². The predicted octanol–water partition coefficient (Wildman–Crippen LogP) is 25.3. The SMILES string of the molecule is CCCCCCCCCCCC(=O)OC[C@H](COP(=O)(O)OC[C@H](O)COP(=O)(O)OC[C@@H](COC(=O)CCCCCCCCCCCCCCCCCCCCC(C)C)OC(=O)CCCCCCCCCCCCCCCCCCCCC(C)C)OC(=O)CCCCCCCCCCC(C)CC. The molecule has 17 nitrogen and oxygen atoms in total. The van der Waals surface area contributed by atoms with Gasteiger partial charge in [-0.15, -0.1) is 0 Å². The van der Waals surface area contributed by atoms with Crippen molar-refractivity contribution in [3.63, 3.8) is 0 Å². The van der Waals surface area contributed by atoms with Crippen LogP contribution in [0.4, 0.5) is 0 Å². The summed E-state index contributed by atoms with van der Waals surface area (Å²) >= 11 is 0. The molecule has 0 aromatic carbocycles. The minimum Gasteiger partial charge on any atom is -0.462 e. The topological polar surface area (TPSA) is 237 Å². The number of carbonyl (C=O) groups is 4. The molecule has 0 heterocycles. The van der Waals surface area contributed by atoms with Crippen molar-refractivity contribution in [2.24, 2.45) is 17.8 Å². The smallest absolute Gasteiger partial charge is 0.462 e. The van der Waals surface area contributed by atoms with Crippen LogP contribution in [0.15, 0.2) is 0 Å². The zero-order valence-corrected chi connectivity index (χ0v) is 69.6. The Hall–Kier alpha value is -1.94. The van der Waals surface area contributed by atoms with Gasteiger partial charge < -0.3 is 33.8 Å². The average molecular weight is 1510 g/mol. The van der Waals surface area contributed by atoms with Crippen LogP contribution in [0.5, 0.6) is 0 Å². The fourth-order valence-electron chi connectivity index (χ4n) is 13.0. The second kappa shape index (κ2) is 74.2. The molecule has 0 saturated carbocycles. The highest BCUT2D eigenvalue weighted by Crippen LogP contribution is 2.45. The predicted molar refractivity (Wildman–Crippen MR) is 423 cm³/mol. The molecule has 0 aliphatic heterocycles. The first-order valence-corrected chi connectivity index (χ1v) is 46.4. The third-order valence-electron chi connectivity index (χ3n) is 20.0. The number of hydrogen-bond acceptors (Lipinski definition) is 15. The van der Waals surface area contributed by atoms with Crippen molar-refractivity contribution in [2.75, 3.05) is 39.6 Å². The van der Waals surface area contributed by atoms with Crippen LogP contribution in [0.25, 0.3) is 0 Å². The highest BCUT2D eigenvalue weighted by atomic mass is 31.2. The lowest BCUT2D eigenvalue weighted by molar-refractivity contribution is -0.161. The molecule has 612 valence electrons. The summed E-state index contributed by atoms with van der Waals surface area (Å²) in [5.74, 6) is 0.302. The monoisotopic (exact) mass is 1510 g/mol. The van der Waals surface area contributed by atoms with E-state index in [1.165, 1.54) is 250 Å². The molecule has 3 unspecified atom stereocenters. The van der Waals surface area contributed by atoms with Crippen LogP contribution in [-0.2, 0) is 65.4 Å². The Kier molecular flexibility index (Phi) is 72.8. The molecule has 0 radical (unpaired) electrons. The summed E-state index contributed by atoms with van der Waals surface area (Å²) in [6.45, 7) is 12.0. The van der Waals surface area contributed by atoms with E-state index in [1.54, 1.807) is 0 Å². The number of rotatable bonds is 82. The second-order valence-corrected chi connectivity index (χ2v) is 34.3. The molecule has 0 amide bonds. The Bertz CT molecular complexity index is 1990. The Morgan fingerprint density at radius 2 is 0.495 bits per heavy atom. The van der Waals surface area contributed by atoms with Crippen LogP contribution in [0, 0.1) is 17.8 Å². The maximum absolute atomic E-state index is 13.1. The molecule has 0 rings (SSSR count). The number of esters is 4. The zero-order chi connectivity index (χ0) is 75.8. The van der Waals surface area contributed by atoms with Gasteiger partial charge in [-0.3, -0.25) is 37.3 Å². The Labute approximate surface area is 632 Å². The number of aliphatic hydroxyl groups is 1. The summed E-state index contributed by atoms with van der Waals surface area (Å²) in [5.41, 5.74) is 0. The fraction of sp³-hybridized carbons (Fsp3) is 0.952. The summed E-state index contributed by atoms with van der Waals surface area (Å²) in [6, 6.07) is 0. The van der Waals surface area contributed by atoms with E-state index in [0.717, 1.165) is 108 Å². The third kappa shape index (κ3) is 76.6. The Morgan fingerprint density at radius 1 is 0.282 bits per heavy atom. The van der Waals surface area contributed by atoms with Gasteiger partial charge in [-0.1, -0.05) is 389 Å². The van der Waals surface area contributed by atoms with Gasteiger partial charge in [-0.2, -0.15) is 0 Å². The van der Waals surface area contributed by atoms with Gasteiger partial charge in [0.25, 0.3) is 0 Å². The average Bonchev–Trinajstić information content (AvgIpc) is 0.907. The van der Waals surface area contributed by atoms with Crippen molar-refractivity contribution < 1.29 is 80.2 Å². The van der Waals surface area contributed by atoms with Crippen LogP contribution < -0.4 is 0 Å². The minimum absolute atomic E-state index is 0.105. The number of hydrogen-bond donors (Lipinski definition) is 3. The van der Waals surface area contributed by atoms with Gasteiger partial charge in [0.1, 0.15) is 19.3 Å². The largest absolute Gasteiger partial charge is 0.472 e. The molecule has 19 heteroatoms. The number of phosphoric acid groups is 2. The van der Waals surface area contributed by atoms with Gasteiger partial charge in [0.15, 0.2) is 12.2 Å². The third-order valence-corrected chi connectivity index (χ3v) is 21.9. The van der Waals surface area contributed by atoms with E-state index in [2.05, 4.69) is 48.5 Å². The molecule has 0 aromatic heterocycles. The fourth-order valence-corrected chi connectivity index (χ4v) is 14.6. The summed E-state index contributed by atoms with van der Waals surface area (Å²) in [7, 11) is -9.92. The van der Waals surface area contributed by atoms with E-state index >= 15 is 0 Å². The number of unbranched alkanes of at least 4 members (excludes halogenated alkanes) is 49. The molecule has 0 aliphatic carbocycles. The Morgan fingerprint density at radius 3 is 0.738 bits per heavy atom. The number of aliphatic hydroxyl groups excluding tert-OH is 1. The van der Waals surface area contributed by atoms with Crippen LogP contribution >= 0.6 is 15.6 Å². The van der Waals surface area contributed by atoms with Gasteiger partial charge in [0.05, 0.1) is 26.4 Å². The number of ether oxygens (including phenoxy) is 4. The van der Waals surface area contributed by atoms with E-state index in [-0.39, 0.29) is 25.7 Å². The van der Waals surface area contributed by atoms with Gasteiger partial charge in [-0.25, -0.2) is 9.13 Å². The van der Waals surface area contributed by atoms with Crippen molar-refractivity contribution in [1.29, 1.82) is 0 Å². The van der Waals surface area contributed by atoms with Crippen LogP contribution in [0.2, 0.25) is 0 Å². The first-order chi connectivity index (χ1) is 49.8. The molecule has 0 aromatic rings. The first kappa shape index (κ1) is 101. The summed E-state index contributed by atoms with van der Waals surface area (Å²) in [5, 5.41) is 10.6. The van der Waals surface area contributed by atoms with Crippen molar-refractivity contribution in [2.45, 2.75) is 458 Å². The van der Waals surface area contributed by atoms with E-state index in [0.29, 0.717) is 25.7 Å². The molecule has 6 atom stereocenters. The molecule has 0 bridgehead atoms. The number of carbonyl (C=O) groups excluding carboxylic acids is 4. The van der Waals surface area contributed by atoms with Crippen molar-refractivity contribution in [1.82, 2.24) is 0 Å². The maximum atomic E-state index is 13.1. The lowest BCUT2D eigenvalue weighted by atomic mass is 9.99. The first-order valence-electron chi connectivity index (χ1n) is 43.4. The zero-order valence-electron chi connectivity index (χ0n) is 67.8. The highest BCUT2D eigenvalue weighted by Gasteiger charge is 2.30. The lowest BCUT2D eigenvalue weighted by Crippen LogP contribution is -2.30. The number of phosphoric ester groups is 2. The van der Waals surface area contributed by atoms with Gasteiger partial charge in [0, 0.05) is 25.7 Å². The summed E-state index contributed by atoms with van der Waals surface area (Å²) in [6.07, 6.45) is 64.0. The van der Waals surface area contributed by atoms with E-state index in [9.17, 15) is 43.2 Å². The molecule has 0 fully saturated rings. The van der Waals surface area contributed by atoms with E-state index in [1.807, 2.05) is 0 Å². The maximum Gasteiger partial charge on any atom is 0.472 e. The van der Waals surface area contributed by atoms with Crippen molar-refractivity contribution >= 4 is 39.5 Å². The van der Waals surface area contributed by atoms with Crippen molar-refractivity contribution in [3.05, 3.63) is 0 Å². The summed E-state index contributed by atoms with van der Waals surface area (Å²) in [4.78, 5) is 73.0. The van der Waals surface area contributed by atoms with E-state index < -0.39 is 97.5 Å². The van der Waals surface area contributed by atoms with Crippen LogP contribution in [0.3, 0.4) is 0 Å². The Balaban J connectivity index is 5.19. The van der Waals surface area contributed by atoms with Crippen LogP contribution in [-0.4, -0.2) is 96.7 Å². The molecule has 3 N–H and O–H groups in total. The summed E-state index contributed by atoms with van der Waals surface area (Å²) < 4.78 is 68.7. The van der Waals surface area contributed by atoms with Gasteiger partial charge in [0.2, 0.25) is 0 Å². The normalized spacial score (nSPS) is 14.2. The van der Waals surface area contributed by atoms with Gasteiger partial charge >= 0.3 is 39.5 Å². The highest BCUT2D eigenvalue weighted by molar-refractivity contribution is 7.47. The molecule has 0 saturated heterocycles. The second-order valence-electron chi connectivity index (χ2n) is 31.4. The van der Waals surface area contributed by atoms with E-state index in [4.69, 9.17) is 37.0 Å². The van der Waals surface area contributed by atoms with Crippen molar-refractivity contribution in [3.8, 4) is 0 Å². The minimum atomic E-state index is -4.96. The quantitative estimate of drug-likeness (QED) is 0.0222. The molecular formula is C84H164O17P2. The molecule has 0 spiro atoms. The standard InChI is InChI=1S/C84H164O17P2/c1-8-10-11-12-13-34-44-51-58-65-81(86)94-71-80(101-84(89)68-61-54-47-40-39-43-50-57-64-77(7)9-2)74-99-103(92,93)97-70-78(85)69-96-102(90,91)98-73-79(100-83(88)67-60-53-46-38-33-29-25-21-17-15-19-23-27-31-36-42-49-56-63-76(5)6)72-95-82(87)66-59-52-45-37-32-28-24-20-16-14-18-22-26-30-35-41-48-55-62-75(3)4/h75-80,85H,8-74H2,1-7H3,(H,90,91)(H,92,93)/t77?,78-,79-,80-/m1/s1. The van der Waals surface area contributed by atoms with Gasteiger partial charge in [-0.05, 0) is 43.4 Å². The molecular weight excluding hydrogens is 1340 g/mol. The lowest BCUT2D eigenvalue weighted by Gasteiger charge is -2.21.